The average molecular weight is 453 g/mol. The summed E-state index contributed by atoms with van der Waals surface area (Å²) in [7, 11) is 0. The zero-order chi connectivity index (χ0) is 20.5. The van der Waals surface area contributed by atoms with Crippen molar-refractivity contribution in [1.82, 2.24) is 9.97 Å². The number of pyridine rings is 2. The van der Waals surface area contributed by atoms with Crippen molar-refractivity contribution in [1.29, 1.82) is 0 Å². The number of aromatic amines is 1. The topological polar surface area (TPSA) is 55.0 Å². The van der Waals surface area contributed by atoms with Crippen LogP contribution in [0.2, 0.25) is 0 Å². The minimum Gasteiger partial charge on any atom is -0.473 e. The second-order valence-corrected chi connectivity index (χ2v) is 7.05. The van der Waals surface area contributed by atoms with Crippen molar-refractivity contribution in [2.24, 2.45) is 0 Å². The van der Waals surface area contributed by atoms with E-state index in [2.05, 4.69) is 25.9 Å². The molecule has 0 fully saturated rings. The fourth-order valence-corrected chi connectivity index (χ4v) is 3.05. The largest absolute Gasteiger partial charge is 0.473 e. The Kier molecular flexibility index (Phi) is 5.60. The van der Waals surface area contributed by atoms with E-state index in [1.54, 1.807) is 19.1 Å². The lowest BCUT2D eigenvalue weighted by Gasteiger charge is -2.10. The number of rotatable bonds is 4. The molecule has 1 N–H and O–H groups in total. The van der Waals surface area contributed by atoms with Crippen LogP contribution in [0.5, 0.6) is 5.88 Å². The molecule has 3 rings (SSSR count). The number of benzene rings is 1. The summed E-state index contributed by atoms with van der Waals surface area (Å²) < 4.78 is 43.7. The molecule has 0 atom stereocenters. The molecule has 0 radical (unpaired) electrons. The van der Waals surface area contributed by atoms with Gasteiger partial charge in [0.25, 0.3) is 0 Å². The fraction of sp³-hybridized carbons (Fsp3) is 0.200. The first kappa shape index (κ1) is 20.1. The minimum absolute atomic E-state index is 0.0835. The summed E-state index contributed by atoms with van der Waals surface area (Å²) in [6, 6.07) is 8.09. The van der Waals surface area contributed by atoms with Gasteiger partial charge < -0.3 is 9.72 Å². The van der Waals surface area contributed by atoms with Crippen molar-refractivity contribution >= 4 is 15.9 Å². The van der Waals surface area contributed by atoms with E-state index in [0.717, 1.165) is 23.5 Å². The van der Waals surface area contributed by atoms with Gasteiger partial charge in [0, 0.05) is 29.2 Å². The number of nitrogens with one attached hydrogen (secondary N) is 1. The molecular formula is C20H16BrF3N2O2. The first-order valence-electron chi connectivity index (χ1n) is 8.31. The van der Waals surface area contributed by atoms with Crippen molar-refractivity contribution < 1.29 is 17.9 Å². The van der Waals surface area contributed by atoms with Crippen LogP contribution in [0.25, 0.3) is 11.1 Å². The molecule has 0 aliphatic carbocycles. The lowest BCUT2D eigenvalue weighted by Crippen LogP contribution is -2.12. The Morgan fingerprint density at radius 1 is 1.07 bits per heavy atom. The molecule has 1 aromatic carbocycles. The number of hydrogen-bond donors (Lipinski definition) is 1. The third kappa shape index (κ3) is 4.27. The predicted octanol–water partition coefficient (Wildman–Crippen LogP) is 5.41. The SMILES string of the molecule is Cc1[nH]c(C)c(-c2ccc(OCc3ccc(C(F)(F)F)cc3)nc2)c(=O)c1Br. The fourth-order valence-electron chi connectivity index (χ4n) is 2.76. The lowest BCUT2D eigenvalue weighted by atomic mass is 10.1. The molecule has 0 aliphatic rings. The van der Waals surface area contributed by atoms with Gasteiger partial charge in [-0.15, -0.1) is 0 Å². The molecule has 0 unspecified atom stereocenters. The molecule has 0 aliphatic heterocycles. The highest BCUT2D eigenvalue weighted by Crippen LogP contribution is 2.29. The molecule has 28 heavy (non-hydrogen) atoms. The Morgan fingerprint density at radius 3 is 2.32 bits per heavy atom. The third-order valence-electron chi connectivity index (χ3n) is 4.20. The van der Waals surface area contributed by atoms with Gasteiger partial charge in [0.15, 0.2) is 0 Å². The van der Waals surface area contributed by atoms with Crippen LogP contribution < -0.4 is 10.2 Å². The summed E-state index contributed by atoms with van der Waals surface area (Å²) in [4.78, 5) is 19.8. The molecular weight excluding hydrogens is 437 g/mol. The number of H-pyrrole nitrogens is 1. The zero-order valence-electron chi connectivity index (χ0n) is 15.0. The lowest BCUT2D eigenvalue weighted by molar-refractivity contribution is -0.137. The molecule has 0 saturated heterocycles. The molecule has 2 aromatic heterocycles. The number of aryl methyl sites for hydroxylation is 2. The van der Waals surface area contributed by atoms with E-state index in [9.17, 15) is 18.0 Å². The summed E-state index contributed by atoms with van der Waals surface area (Å²) >= 11 is 3.28. The van der Waals surface area contributed by atoms with Crippen molar-refractivity contribution in [3.8, 4) is 17.0 Å². The van der Waals surface area contributed by atoms with Gasteiger partial charge in [-0.1, -0.05) is 12.1 Å². The predicted molar refractivity (Wildman–Crippen MR) is 103 cm³/mol. The van der Waals surface area contributed by atoms with Crippen LogP contribution in [-0.4, -0.2) is 9.97 Å². The van der Waals surface area contributed by atoms with E-state index < -0.39 is 11.7 Å². The van der Waals surface area contributed by atoms with Crippen molar-refractivity contribution in [2.75, 3.05) is 0 Å². The molecule has 2 heterocycles. The van der Waals surface area contributed by atoms with E-state index in [4.69, 9.17) is 4.74 Å². The summed E-state index contributed by atoms with van der Waals surface area (Å²) in [5.74, 6) is 0.309. The van der Waals surface area contributed by atoms with Gasteiger partial charge in [0.2, 0.25) is 11.3 Å². The van der Waals surface area contributed by atoms with Crippen LogP contribution in [-0.2, 0) is 12.8 Å². The summed E-state index contributed by atoms with van der Waals surface area (Å²) in [5.41, 5.74) is 2.38. The Bertz CT molecular complexity index is 1040. The zero-order valence-corrected chi connectivity index (χ0v) is 16.6. The number of hydrogen-bond acceptors (Lipinski definition) is 3. The highest BCUT2D eigenvalue weighted by Gasteiger charge is 2.29. The summed E-state index contributed by atoms with van der Waals surface area (Å²) in [6.07, 6.45) is -2.83. The maximum absolute atomic E-state index is 12.6. The van der Waals surface area contributed by atoms with E-state index >= 15 is 0 Å². The standard InChI is InChI=1S/C20H16BrF3N2O2/c1-11-17(19(27)18(21)12(2)26-11)14-5-8-16(25-9-14)28-10-13-3-6-15(7-4-13)20(22,23)24/h3-9H,10H2,1-2H3,(H,26,27). The summed E-state index contributed by atoms with van der Waals surface area (Å²) in [5, 5.41) is 0. The third-order valence-corrected chi connectivity index (χ3v) is 5.15. The smallest absolute Gasteiger partial charge is 0.416 e. The Hall–Kier alpha value is -2.61. The number of alkyl halides is 3. The highest BCUT2D eigenvalue weighted by atomic mass is 79.9. The van der Waals surface area contributed by atoms with Gasteiger partial charge in [0.05, 0.1) is 15.6 Å². The van der Waals surface area contributed by atoms with Crippen LogP contribution in [0, 0.1) is 13.8 Å². The van der Waals surface area contributed by atoms with Crippen LogP contribution in [0.1, 0.15) is 22.5 Å². The Morgan fingerprint density at radius 2 is 1.75 bits per heavy atom. The molecule has 0 bridgehead atoms. The second-order valence-electron chi connectivity index (χ2n) is 6.26. The molecule has 0 amide bonds. The van der Waals surface area contributed by atoms with Gasteiger partial charge in [-0.25, -0.2) is 4.98 Å². The average Bonchev–Trinajstić information content (AvgIpc) is 2.65. The van der Waals surface area contributed by atoms with Gasteiger partial charge in [-0.05, 0) is 53.5 Å². The quantitative estimate of drug-likeness (QED) is 0.575. The van der Waals surface area contributed by atoms with E-state index in [1.165, 1.54) is 18.3 Å². The van der Waals surface area contributed by atoms with Gasteiger partial charge in [-0.3, -0.25) is 4.79 Å². The van der Waals surface area contributed by atoms with Crippen LogP contribution >= 0.6 is 15.9 Å². The Balaban J connectivity index is 1.74. The monoisotopic (exact) mass is 452 g/mol. The van der Waals surface area contributed by atoms with Crippen LogP contribution in [0.15, 0.2) is 51.9 Å². The number of ether oxygens (including phenoxy) is 1. The molecule has 146 valence electrons. The first-order chi connectivity index (χ1) is 13.2. The van der Waals surface area contributed by atoms with E-state index in [-0.39, 0.29) is 12.0 Å². The van der Waals surface area contributed by atoms with Crippen molar-refractivity contribution in [3.05, 3.63) is 79.8 Å². The van der Waals surface area contributed by atoms with Gasteiger partial charge in [-0.2, -0.15) is 13.2 Å². The minimum atomic E-state index is -4.36. The molecule has 8 heteroatoms. The van der Waals surface area contributed by atoms with E-state index in [1.807, 2.05) is 6.92 Å². The van der Waals surface area contributed by atoms with Crippen LogP contribution in [0.3, 0.4) is 0 Å². The van der Waals surface area contributed by atoms with Gasteiger partial charge in [0.1, 0.15) is 6.61 Å². The molecule has 3 aromatic rings. The van der Waals surface area contributed by atoms with Crippen molar-refractivity contribution in [3.63, 3.8) is 0 Å². The molecule has 0 saturated carbocycles. The number of halogens is 4. The first-order valence-corrected chi connectivity index (χ1v) is 9.10. The van der Waals surface area contributed by atoms with Gasteiger partial charge >= 0.3 is 6.18 Å². The van der Waals surface area contributed by atoms with Crippen LogP contribution in [0.4, 0.5) is 13.2 Å². The van der Waals surface area contributed by atoms with E-state index in [0.29, 0.717) is 27.0 Å². The molecule has 4 nitrogen and oxygen atoms in total. The maximum atomic E-state index is 12.6. The second kappa shape index (κ2) is 7.79. The normalized spacial score (nSPS) is 11.5. The number of aromatic nitrogens is 2. The summed E-state index contributed by atoms with van der Waals surface area (Å²) in [6.45, 7) is 3.70. The number of nitrogens with zero attached hydrogens (tertiary/aromatic N) is 1. The maximum Gasteiger partial charge on any atom is 0.416 e. The highest BCUT2D eigenvalue weighted by molar-refractivity contribution is 9.10. The van der Waals surface area contributed by atoms with Crippen molar-refractivity contribution in [2.45, 2.75) is 26.6 Å². The molecule has 0 spiro atoms. The Labute approximate surface area is 167 Å².